The molecule has 0 saturated carbocycles. The van der Waals surface area contributed by atoms with Crippen LogP contribution in [0, 0.1) is 6.92 Å². The van der Waals surface area contributed by atoms with Gasteiger partial charge in [-0.2, -0.15) is 0 Å². The zero-order chi connectivity index (χ0) is 17.8. The maximum atomic E-state index is 3.98. The largest absolute Gasteiger partial charge is 0.265 e. The van der Waals surface area contributed by atoms with Crippen molar-refractivity contribution in [3.05, 3.63) is 122 Å². The molecule has 4 heteroatoms. The van der Waals surface area contributed by atoms with Crippen molar-refractivity contribution >= 4 is 0 Å². The third-order valence-corrected chi connectivity index (χ3v) is 2.51. The lowest BCUT2D eigenvalue weighted by atomic mass is 10.4. The lowest BCUT2D eigenvalue weighted by molar-refractivity contribution is 1.20. The van der Waals surface area contributed by atoms with Gasteiger partial charge in [0, 0.05) is 49.1 Å². The quantitative estimate of drug-likeness (QED) is 0.471. The first-order chi connectivity index (χ1) is 12.4. The molecule has 4 rings (SSSR count). The van der Waals surface area contributed by atoms with E-state index in [9.17, 15) is 0 Å². The average molecular weight is 330 g/mol. The summed E-state index contributed by atoms with van der Waals surface area (Å²) < 4.78 is 0. The monoisotopic (exact) mass is 330 g/mol. The molecule has 0 bridgehead atoms. The van der Waals surface area contributed by atoms with Crippen molar-refractivity contribution in [1.29, 1.82) is 0 Å². The van der Waals surface area contributed by atoms with Crippen LogP contribution in [-0.2, 0) is 0 Å². The number of hydrogen-bond acceptors (Lipinski definition) is 4. The van der Waals surface area contributed by atoms with Crippen LogP contribution in [0.15, 0.2) is 116 Å². The van der Waals surface area contributed by atoms with Gasteiger partial charge in [0.15, 0.2) is 0 Å². The minimum Gasteiger partial charge on any atom is -0.265 e. The standard InChI is InChI=1S/C6H7N.3C5H5N/c1-6-4-2-3-5-7-6;3*1-2-4-6-5-3-1/h2-5H,1H3;3*1-5H. The lowest BCUT2D eigenvalue weighted by Crippen LogP contribution is -1.72. The minimum absolute atomic E-state index is 1.07. The summed E-state index contributed by atoms with van der Waals surface area (Å²) in [7, 11) is 0. The van der Waals surface area contributed by atoms with Crippen LogP contribution >= 0.6 is 0 Å². The Morgan fingerprint density at radius 3 is 0.920 bits per heavy atom. The van der Waals surface area contributed by atoms with Gasteiger partial charge >= 0.3 is 0 Å². The second-order valence-electron chi connectivity index (χ2n) is 4.54. The Balaban J connectivity index is 0.000000167. The number of nitrogens with zero attached hydrogens (tertiary/aromatic N) is 4. The summed E-state index contributed by atoms with van der Waals surface area (Å²) in [5, 5.41) is 0. The Kier molecular flexibility index (Phi) is 12.2. The Bertz CT molecular complexity index is 550. The van der Waals surface area contributed by atoms with Gasteiger partial charge in [0.1, 0.15) is 0 Å². The van der Waals surface area contributed by atoms with Gasteiger partial charge in [-0.3, -0.25) is 19.9 Å². The van der Waals surface area contributed by atoms with Crippen molar-refractivity contribution < 1.29 is 0 Å². The fraction of sp³-hybridized carbons (Fsp3) is 0.0476. The lowest BCUT2D eigenvalue weighted by Gasteiger charge is -1.82. The van der Waals surface area contributed by atoms with Crippen LogP contribution in [0.25, 0.3) is 0 Å². The summed E-state index contributed by atoms with van der Waals surface area (Å²) in [6.07, 6.45) is 12.3. The highest BCUT2D eigenvalue weighted by Gasteiger charge is 1.73. The molecule has 0 fully saturated rings. The van der Waals surface area contributed by atoms with E-state index in [2.05, 4.69) is 19.9 Å². The summed E-state index contributed by atoms with van der Waals surface area (Å²) in [6.45, 7) is 1.97. The molecule has 0 saturated heterocycles. The molecule has 126 valence electrons. The van der Waals surface area contributed by atoms with E-state index in [0.717, 1.165) is 5.69 Å². The van der Waals surface area contributed by atoms with Crippen LogP contribution < -0.4 is 0 Å². The molecule has 0 N–H and O–H groups in total. The normalized spacial score (nSPS) is 8.20. The molecule has 4 aromatic rings. The minimum atomic E-state index is 1.07. The van der Waals surface area contributed by atoms with Gasteiger partial charge in [-0.1, -0.05) is 24.3 Å². The number of hydrogen-bond donors (Lipinski definition) is 0. The second kappa shape index (κ2) is 15.5. The molecule has 0 aliphatic heterocycles. The maximum absolute atomic E-state index is 3.98. The maximum Gasteiger partial charge on any atom is 0.0372 e. The van der Waals surface area contributed by atoms with E-state index < -0.39 is 0 Å². The highest BCUT2D eigenvalue weighted by atomic mass is 14.6. The van der Waals surface area contributed by atoms with Crippen molar-refractivity contribution in [3.8, 4) is 0 Å². The third kappa shape index (κ3) is 14.0. The SMILES string of the molecule is Cc1ccccn1.c1ccncc1.c1ccncc1.c1ccncc1. The molecule has 0 radical (unpaired) electrons. The predicted molar refractivity (Wildman–Crippen MR) is 102 cm³/mol. The highest BCUT2D eigenvalue weighted by Crippen LogP contribution is 1.86. The molecular formula is C21H22N4. The van der Waals surface area contributed by atoms with Crippen LogP contribution in [-0.4, -0.2) is 19.9 Å². The van der Waals surface area contributed by atoms with Crippen LogP contribution in [0.1, 0.15) is 5.69 Å². The van der Waals surface area contributed by atoms with Crippen LogP contribution in [0.3, 0.4) is 0 Å². The van der Waals surface area contributed by atoms with Crippen LogP contribution in [0.2, 0.25) is 0 Å². The molecular weight excluding hydrogens is 308 g/mol. The molecule has 25 heavy (non-hydrogen) atoms. The van der Waals surface area contributed by atoms with Gasteiger partial charge in [-0.05, 0) is 55.5 Å². The van der Waals surface area contributed by atoms with E-state index >= 15 is 0 Å². The average Bonchev–Trinajstić information content (AvgIpc) is 2.74. The first kappa shape index (κ1) is 19.6. The summed E-state index contributed by atoms with van der Waals surface area (Å²) in [6, 6.07) is 23.0. The number of aromatic nitrogens is 4. The van der Waals surface area contributed by atoms with Gasteiger partial charge in [-0.25, -0.2) is 0 Å². The highest BCUT2D eigenvalue weighted by molar-refractivity contribution is 5.00. The molecule has 4 aromatic heterocycles. The summed E-state index contributed by atoms with van der Waals surface area (Å²) in [4.78, 5) is 15.3. The predicted octanol–water partition coefficient (Wildman–Crippen LogP) is 4.63. The van der Waals surface area contributed by atoms with Gasteiger partial charge in [0.05, 0.1) is 0 Å². The van der Waals surface area contributed by atoms with Crippen molar-refractivity contribution in [2.24, 2.45) is 0 Å². The third-order valence-electron chi connectivity index (χ3n) is 2.51. The smallest absolute Gasteiger partial charge is 0.0372 e. The molecule has 0 amide bonds. The molecule has 0 spiro atoms. The van der Waals surface area contributed by atoms with E-state index in [-0.39, 0.29) is 0 Å². The van der Waals surface area contributed by atoms with E-state index in [1.807, 2.05) is 79.7 Å². The molecule has 0 unspecified atom stereocenters. The van der Waals surface area contributed by atoms with E-state index in [1.54, 1.807) is 43.4 Å². The van der Waals surface area contributed by atoms with E-state index in [0.29, 0.717) is 0 Å². The fourth-order valence-electron chi connectivity index (χ4n) is 1.39. The van der Waals surface area contributed by atoms with E-state index in [1.165, 1.54) is 0 Å². The zero-order valence-electron chi connectivity index (χ0n) is 14.3. The van der Waals surface area contributed by atoms with Crippen molar-refractivity contribution in [2.75, 3.05) is 0 Å². The summed E-state index contributed by atoms with van der Waals surface area (Å²) >= 11 is 0. The number of aryl methyl sites for hydroxylation is 1. The Morgan fingerprint density at radius 2 is 0.800 bits per heavy atom. The van der Waals surface area contributed by atoms with Gasteiger partial charge < -0.3 is 0 Å². The Hall–Kier alpha value is -3.40. The number of rotatable bonds is 0. The van der Waals surface area contributed by atoms with E-state index in [4.69, 9.17) is 0 Å². The molecule has 4 nitrogen and oxygen atoms in total. The first-order valence-corrected chi connectivity index (χ1v) is 7.82. The molecule has 0 aliphatic carbocycles. The van der Waals surface area contributed by atoms with Crippen molar-refractivity contribution in [3.63, 3.8) is 0 Å². The number of pyridine rings is 4. The van der Waals surface area contributed by atoms with Gasteiger partial charge in [0.25, 0.3) is 0 Å². The Labute approximate surface area is 149 Å². The zero-order valence-corrected chi connectivity index (χ0v) is 14.3. The van der Waals surface area contributed by atoms with Crippen molar-refractivity contribution in [2.45, 2.75) is 6.92 Å². The first-order valence-electron chi connectivity index (χ1n) is 7.82. The fourth-order valence-corrected chi connectivity index (χ4v) is 1.39. The van der Waals surface area contributed by atoms with Crippen molar-refractivity contribution in [1.82, 2.24) is 19.9 Å². The van der Waals surface area contributed by atoms with Crippen LogP contribution in [0.4, 0.5) is 0 Å². The summed E-state index contributed by atoms with van der Waals surface area (Å²) in [5.74, 6) is 0. The summed E-state index contributed by atoms with van der Waals surface area (Å²) in [5.41, 5.74) is 1.07. The Morgan fingerprint density at radius 1 is 0.440 bits per heavy atom. The second-order valence-corrected chi connectivity index (χ2v) is 4.54. The molecule has 0 atom stereocenters. The molecule has 0 aliphatic rings. The molecule has 4 heterocycles. The van der Waals surface area contributed by atoms with Crippen LogP contribution in [0.5, 0.6) is 0 Å². The van der Waals surface area contributed by atoms with Gasteiger partial charge in [0.2, 0.25) is 0 Å². The van der Waals surface area contributed by atoms with Gasteiger partial charge in [-0.15, -0.1) is 0 Å². The topological polar surface area (TPSA) is 51.6 Å². The molecule has 0 aromatic carbocycles.